The lowest BCUT2D eigenvalue weighted by atomic mass is 10.1. The van der Waals surface area contributed by atoms with Crippen molar-refractivity contribution >= 4 is 11.6 Å². The van der Waals surface area contributed by atoms with Crippen molar-refractivity contribution in [3.05, 3.63) is 71.5 Å². The smallest absolute Gasteiger partial charge is 0.123 e. The molecular formula is C18H21ClN2O2. The Bertz CT molecular complexity index is 617. The van der Waals surface area contributed by atoms with Gasteiger partial charge in [0.15, 0.2) is 0 Å². The Labute approximate surface area is 141 Å². The summed E-state index contributed by atoms with van der Waals surface area (Å²) in [6.07, 6.45) is 2.80. The second-order valence-electron chi connectivity index (χ2n) is 5.30. The van der Waals surface area contributed by atoms with Crippen LogP contribution in [0.3, 0.4) is 0 Å². The summed E-state index contributed by atoms with van der Waals surface area (Å²) in [5.74, 6) is 0.750. The Kier molecular flexibility index (Phi) is 6.59. The van der Waals surface area contributed by atoms with Crippen molar-refractivity contribution in [2.45, 2.75) is 19.1 Å². The van der Waals surface area contributed by atoms with Gasteiger partial charge in [0, 0.05) is 30.0 Å². The molecule has 1 heterocycles. The quantitative estimate of drug-likeness (QED) is 0.775. The van der Waals surface area contributed by atoms with Gasteiger partial charge in [0.1, 0.15) is 12.4 Å². The van der Waals surface area contributed by atoms with Crippen molar-refractivity contribution in [3.63, 3.8) is 0 Å². The second-order valence-corrected chi connectivity index (χ2v) is 5.84. The van der Waals surface area contributed by atoms with Crippen LogP contribution < -0.4 is 10.1 Å². The first-order chi connectivity index (χ1) is 11.1. The Morgan fingerprint density at radius 3 is 2.48 bits per heavy atom. The highest BCUT2D eigenvalue weighted by molar-refractivity contribution is 6.29. The summed E-state index contributed by atoms with van der Waals surface area (Å²) in [5.41, 5.74) is 1.97. The predicted octanol–water partition coefficient (Wildman–Crippen LogP) is 3.60. The molecule has 0 aliphatic heterocycles. The molecule has 0 saturated carbocycles. The van der Waals surface area contributed by atoms with E-state index >= 15 is 0 Å². The van der Waals surface area contributed by atoms with Crippen LogP contribution in [0.4, 0.5) is 0 Å². The molecule has 0 amide bonds. The van der Waals surface area contributed by atoms with Gasteiger partial charge in [-0.1, -0.05) is 30.3 Å². The van der Waals surface area contributed by atoms with E-state index in [4.69, 9.17) is 16.3 Å². The average Bonchev–Trinajstić information content (AvgIpc) is 2.58. The van der Waals surface area contributed by atoms with Crippen LogP contribution in [0.2, 0.25) is 0 Å². The van der Waals surface area contributed by atoms with Crippen molar-refractivity contribution in [2.75, 3.05) is 13.2 Å². The summed E-state index contributed by atoms with van der Waals surface area (Å²) < 4.78 is 5.46. The van der Waals surface area contributed by atoms with Crippen molar-refractivity contribution in [3.8, 4) is 5.75 Å². The third-order valence-electron chi connectivity index (χ3n) is 3.48. The molecule has 122 valence electrons. The number of benzene rings is 1. The fourth-order valence-corrected chi connectivity index (χ4v) is 2.18. The molecule has 0 spiro atoms. The number of hydrogen-bond donors (Lipinski definition) is 2. The molecule has 2 N–H and O–H groups in total. The Hall–Kier alpha value is -1.88. The zero-order valence-electron chi connectivity index (χ0n) is 13.1. The van der Waals surface area contributed by atoms with Gasteiger partial charge in [-0.25, -0.2) is 0 Å². The summed E-state index contributed by atoms with van der Waals surface area (Å²) in [5, 5.41) is 13.9. The Morgan fingerprint density at radius 1 is 1.22 bits per heavy atom. The van der Waals surface area contributed by atoms with E-state index in [1.165, 1.54) is 0 Å². The predicted molar refractivity (Wildman–Crippen MR) is 92.5 cm³/mol. The monoisotopic (exact) mass is 332 g/mol. The normalized spacial score (nSPS) is 13.3. The van der Waals surface area contributed by atoms with E-state index in [0.717, 1.165) is 16.9 Å². The van der Waals surface area contributed by atoms with Crippen LogP contribution in [0, 0.1) is 0 Å². The van der Waals surface area contributed by atoms with Crippen LogP contribution in [-0.4, -0.2) is 23.2 Å². The number of pyridine rings is 1. The molecule has 1 aromatic carbocycles. The summed E-state index contributed by atoms with van der Waals surface area (Å²) in [4.78, 5) is 3.95. The topological polar surface area (TPSA) is 54.4 Å². The fourth-order valence-electron chi connectivity index (χ4n) is 2.12. The Balaban J connectivity index is 1.85. The van der Waals surface area contributed by atoms with Gasteiger partial charge in [-0.2, -0.15) is 0 Å². The molecule has 0 aliphatic rings. The van der Waals surface area contributed by atoms with Gasteiger partial charge in [-0.15, -0.1) is 0 Å². The number of nitrogens with one attached hydrogen (secondary N) is 1. The van der Waals surface area contributed by atoms with E-state index in [0.29, 0.717) is 18.2 Å². The highest BCUT2D eigenvalue weighted by Gasteiger charge is 2.10. The average molecular weight is 333 g/mol. The lowest BCUT2D eigenvalue weighted by Crippen LogP contribution is -2.24. The highest BCUT2D eigenvalue weighted by atomic mass is 35.5. The van der Waals surface area contributed by atoms with Gasteiger partial charge in [0.25, 0.3) is 0 Å². The molecule has 0 saturated heterocycles. The van der Waals surface area contributed by atoms with Gasteiger partial charge < -0.3 is 15.2 Å². The molecule has 4 nitrogen and oxygen atoms in total. The number of hydrogen-bond acceptors (Lipinski definition) is 4. The van der Waals surface area contributed by atoms with Crippen LogP contribution in [0.1, 0.15) is 30.2 Å². The number of aromatic nitrogens is 1. The van der Waals surface area contributed by atoms with Crippen molar-refractivity contribution in [1.82, 2.24) is 10.3 Å². The maximum absolute atomic E-state index is 10.2. The van der Waals surface area contributed by atoms with E-state index in [1.807, 2.05) is 36.4 Å². The molecule has 2 unspecified atom stereocenters. The molecule has 5 heteroatoms. The van der Waals surface area contributed by atoms with Gasteiger partial charge in [0.05, 0.1) is 6.10 Å². The molecule has 0 bridgehead atoms. The molecule has 2 aromatic rings. The Morgan fingerprint density at radius 2 is 1.87 bits per heavy atom. The molecule has 0 aliphatic carbocycles. The second kappa shape index (κ2) is 8.67. The van der Waals surface area contributed by atoms with E-state index < -0.39 is 6.10 Å². The molecule has 0 radical (unpaired) electrons. The van der Waals surface area contributed by atoms with Crippen LogP contribution in [-0.2, 0) is 0 Å². The maximum atomic E-state index is 10.2. The molecule has 2 atom stereocenters. The summed E-state index contributed by atoms with van der Waals surface area (Å²) in [7, 11) is 0. The fraction of sp³-hybridized carbons (Fsp3) is 0.278. The van der Waals surface area contributed by atoms with Gasteiger partial charge in [0.2, 0.25) is 0 Å². The van der Waals surface area contributed by atoms with Crippen LogP contribution in [0.5, 0.6) is 5.75 Å². The van der Waals surface area contributed by atoms with Crippen molar-refractivity contribution in [1.29, 1.82) is 0 Å². The summed E-state index contributed by atoms with van der Waals surface area (Å²) >= 11 is 5.67. The molecule has 23 heavy (non-hydrogen) atoms. The largest absolute Gasteiger partial charge is 0.488 e. The number of halogens is 1. The van der Waals surface area contributed by atoms with Gasteiger partial charge in [-0.3, -0.25) is 4.98 Å². The summed E-state index contributed by atoms with van der Waals surface area (Å²) in [6, 6.07) is 11.5. The number of rotatable bonds is 8. The van der Waals surface area contributed by atoms with Crippen molar-refractivity contribution < 1.29 is 9.84 Å². The zero-order chi connectivity index (χ0) is 16.7. The minimum absolute atomic E-state index is 0.114. The minimum atomic E-state index is -0.558. The van der Waals surface area contributed by atoms with E-state index in [9.17, 15) is 5.11 Å². The first-order valence-electron chi connectivity index (χ1n) is 7.43. The first-order valence-corrected chi connectivity index (χ1v) is 7.81. The number of nitrogens with zero attached hydrogens (tertiary/aromatic N) is 1. The molecule has 0 fully saturated rings. The lowest BCUT2D eigenvalue weighted by molar-refractivity contribution is 0.170. The summed E-state index contributed by atoms with van der Waals surface area (Å²) in [6.45, 7) is 6.40. The molecular weight excluding hydrogens is 312 g/mol. The van der Waals surface area contributed by atoms with Gasteiger partial charge in [-0.05, 0) is 42.3 Å². The number of aliphatic hydroxyl groups excluding tert-OH is 1. The van der Waals surface area contributed by atoms with Crippen molar-refractivity contribution in [2.24, 2.45) is 0 Å². The number of aliphatic hydroxyl groups is 1. The van der Waals surface area contributed by atoms with E-state index in [1.54, 1.807) is 12.4 Å². The molecule has 2 rings (SSSR count). The van der Waals surface area contributed by atoms with Crippen LogP contribution >= 0.6 is 11.6 Å². The van der Waals surface area contributed by atoms with Crippen LogP contribution in [0.25, 0.3) is 0 Å². The van der Waals surface area contributed by atoms with Crippen LogP contribution in [0.15, 0.2) is 60.4 Å². The first kappa shape index (κ1) is 17.5. The zero-order valence-corrected chi connectivity index (χ0v) is 13.8. The third kappa shape index (κ3) is 5.67. The van der Waals surface area contributed by atoms with E-state index in [-0.39, 0.29) is 6.04 Å². The molecule has 1 aromatic heterocycles. The van der Waals surface area contributed by atoms with E-state index in [2.05, 4.69) is 23.8 Å². The van der Waals surface area contributed by atoms with Gasteiger partial charge >= 0.3 is 0 Å². The lowest BCUT2D eigenvalue weighted by Gasteiger charge is -2.18. The third-order valence-corrected chi connectivity index (χ3v) is 3.59. The highest BCUT2D eigenvalue weighted by Crippen LogP contribution is 2.19. The maximum Gasteiger partial charge on any atom is 0.123 e. The SMILES string of the molecule is C=C(Cl)COc1ccc(C(C)NCC(O)c2ccncc2)cc1. The standard InChI is InChI=1S/C18H21ClN2O2/c1-13(19)12-23-17-5-3-15(4-6-17)14(2)21-11-18(22)16-7-9-20-10-8-16/h3-10,14,18,21-22H,1,11-12H2,2H3. The minimum Gasteiger partial charge on any atom is -0.488 e. The number of ether oxygens (including phenoxy) is 1.